The second-order valence-electron chi connectivity index (χ2n) is 5.26. The maximum atomic E-state index is 13.3. The summed E-state index contributed by atoms with van der Waals surface area (Å²) >= 11 is 0. The van der Waals surface area contributed by atoms with Gasteiger partial charge in [-0.2, -0.15) is 13.2 Å². The van der Waals surface area contributed by atoms with Gasteiger partial charge in [-0.15, -0.1) is 0 Å². The van der Waals surface area contributed by atoms with E-state index in [1.807, 2.05) is 0 Å². The summed E-state index contributed by atoms with van der Waals surface area (Å²) in [6, 6.07) is 12.0. The number of urea groups is 1. The van der Waals surface area contributed by atoms with Crippen molar-refractivity contribution in [1.29, 1.82) is 0 Å². The van der Waals surface area contributed by atoms with E-state index < -0.39 is 24.4 Å². The van der Waals surface area contributed by atoms with Crippen LogP contribution in [0.5, 0.6) is 5.75 Å². The molecule has 2 aromatic carbocycles. The number of rotatable bonds is 5. The van der Waals surface area contributed by atoms with Gasteiger partial charge in [0.2, 0.25) is 5.60 Å². The summed E-state index contributed by atoms with van der Waals surface area (Å²) in [6.45, 7) is -1.03. The first-order chi connectivity index (χ1) is 11.8. The molecule has 8 heteroatoms. The minimum atomic E-state index is -4.96. The fourth-order valence-electron chi connectivity index (χ4n) is 2.16. The van der Waals surface area contributed by atoms with Gasteiger partial charge in [-0.1, -0.05) is 36.4 Å². The Balaban J connectivity index is 2.09. The fourth-order valence-corrected chi connectivity index (χ4v) is 2.16. The number of hydrogen-bond donors (Lipinski definition) is 3. The molecule has 2 aromatic rings. The number of methoxy groups -OCH3 is 1. The highest BCUT2D eigenvalue weighted by Gasteiger charge is 2.55. The molecule has 0 aliphatic rings. The Morgan fingerprint density at radius 1 is 1.12 bits per heavy atom. The maximum absolute atomic E-state index is 13.3. The summed E-state index contributed by atoms with van der Waals surface area (Å²) in [6.07, 6.45) is -4.96. The van der Waals surface area contributed by atoms with Crippen molar-refractivity contribution < 1.29 is 27.8 Å². The molecular formula is C17H17F3N2O3. The van der Waals surface area contributed by atoms with Crippen LogP contribution in [-0.4, -0.2) is 31.0 Å². The van der Waals surface area contributed by atoms with Crippen LogP contribution >= 0.6 is 0 Å². The lowest BCUT2D eigenvalue weighted by molar-refractivity contribution is -0.263. The van der Waals surface area contributed by atoms with E-state index in [0.717, 1.165) is 12.1 Å². The van der Waals surface area contributed by atoms with Crippen LogP contribution in [0, 0.1) is 0 Å². The third kappa shape index (κ3) is 4.42. The first kappa shape index (κ1) is 18.6. The van der Waals surface area contributed by atoms with Crippen molar-refractivity contribution in [3.63, 3.8) is 0 Å². The number of nitrogens with one attached hydrogen (secondary N) is 2. The standard InChI is InChI=1S/C17H17F3N2O3/c1-25-14-9-5-8-13(10-14)22-15(23)21-11-16(24,17(18,19)20)12-6-3-2-4-7-12/h2-10,24H,11H2,1H3,(H2,21,22,23). The van der Waals surface area contributed by atoms with E-state index in [2.05, 4.69) is 10.6 Å². The van der Waals surface area contributed by atoms with E-state index in [9.17, 15) is 23.1 Å². The highest BCUT2D eigenvalue weighted by atomic mass is 19.4. The van der Waals surface area contributed by atoms with E-state index >= 15 is 0 Å². The molecule has 0 spiro atoms. The van der Waals surface area contributed by atoms with Crippen LogP contribution in [0.2, 0.25) is 0 Å². The van der Waals surface area contributed by atoms with Gasteiger partial charge in [-0.3, -0.25) is 0 Å². The first-order valence-electron chi connectivity index (χ1n) is 7.30. The minimum Gasteiger partial charge on any atom is -0.497 e. The summed E-state index contributed by atoms with van der Waals surface area (Å²) in [5, 5.41) is 14.6. The number of carbonyl (C=O) groups is 1. The van der Waals surface area contributed by atoms with E-state index in [0.29, 0.717) is 11.4 Å². The molecule has 0 fully saturated rings. The molecule has 1 atom stereocenters. The first-order valence-corrected chi connectivity index (χ1v) is 7.30. The summed E-state index contributed by atoms with van der Waals surface area (Å²) in [5.74, 6) is 0.480. The van der Waals surface area contributed by atoms with Gasteiger partial charge in [0, 0.05) is 11.8 Å². The highest BCUT2D eigenvalue weighted by Crippen LogP contribution is 2.38. The molecule has 0 heterocycles. The van der Waals surface area contributed by atoms with Crippen molar-refractivity contribution in [2.75, 3.05) is 19.0 Å². The maximum Gasteiger partial charge on any atom is 0.423 e. The minimum absolute atomic E-state index is 0.340. The van der Waals surface area contributed by atoms with Gasteiger partial charge >= 0.3 is 12.2 Å². The lowest BCUT2D eigenvalue weighted by Crippen LogP contribution is -2.51. The summed E-state index contributed by atoms with van der Waals surface area (Å²) < 4.78 is 45.0. The Kier molecular flexibility index (Phi) is 5.53. The Bertz CT molecular complexity index is 723. The molecule has 2 rings (SSSR count). The van der Waals surface area contributed by atoms with Crippen LogP contribution in [0.25, 0.3) is 0 Å². The van der Waals surface area contributed by atoms with Gasteiger partial charge in [-0.05, 0) is 17.7 Å². The van der Waals surface area contributed by atoms with Crippen LogP contribution in [0.3, 0.4) is 0 Å². The fraction of sp³-hybridized carbons (Fsp3) is 0.235. The number of alkyl halides is 3. The number of ether oxygens (including phenoxy) is 1. The molecule has 134 valence electrons. The number of hydrogen-bond acceptors (Lipinski definition) is 3. The molecule has 5 nitrogen and oxygen atoms in total. The Labute approximate surface area is 142 Å². The largest absolute Gasteiger partial charge is 0.497 e. The Morgan fingerprint density at radius 2 is 1.80 bits per heavy atom. The van der Waals surface area contributed by atoms with E-state index in [4.69, 9.17) is 4.74 Å². The molecule has 2 amide bonds. The van der Waals surface area contributed by atoms with Gasteiger partial charge in [-0.25, -0.2) is 4.79 Å². The molecule has 0 radical (unpaired) electrons. The second-order valence-corrected chi connectivity index (χ2v) is 5.26. The molecule has 0 saturated carbocycles. The lowest BCUT2D eigenvalue weighted by Gasteiger charge is -2.31. The number of amides is 2. The predicted octanol–water partition coefficient (Wildman–Crippen LogP) is 3.27. The van der Waals surface area contributed by atoms with Crippen LogP contribution in [0.1, 0.15) is 5.56 Å². The van der Waals surface area contributed by atoms with E-state index in [1.165, 1.54) is 31.4 Å². The summed E-state index contributed by atoms with van der Waals surface area (Å²) in [7, 11) is 1.45. The lowest BCUT2D eigenvalue weighted by atomic mass is 9.93. The van der Waals surface area contributed by atoms with Gasteiger partial charge in [0.25, 0.3) is 0 Å². The topological polar surface area (TPSA) is 70.6 Å². The van der Waals surface area contributed by atoms with E-state index in [1.54, 1.807) is 18.2 Å². The molecule has 0 bridgehead atoms. The molecule has 0 saturated heterocycles. The van der Waals surface area contributed by atoms with Crippen LogP contribution in [-0.2, 0) is 5.60 Å². The second kappa shape index (κ2) is 7.43. The van der Waals surface area contributed by atoms with E-state index in [-0.39, 0.29) is 5.56 Å². The van der Waals surface area contributed by atoms with Crippen LogP contribution in [0.4, 0.5) is 23.7 Å². The van der Waals surface area contributed by atoms with Crippen LogP contribution < -0.4 is 15.4 Å². The van der Waals surface area contributed by atoms with Crippen molar-refractivity contribution in [1.82, 2.24) is 5.32 Å². The normalized spacial score (nSPS) is 13.6. The molecule has 25 heavy (non-hydrogen) atoms. The molecule has 1 unspecified atom stereocenters. The number of benzene rings is 2. The predicted molar refractivity (Wildman–Crippen MR) is 86.4 cm³/mol. The van der Waals surface area contributed by atoms with Crippen molar-refractivity contribution in [3.05, 3.63) is 60.2 Å². The number of carbonyl (C=O) groups excluding carboxylic acids is 1. The average molecular weight is 354 g/mol. The zero-order chi connectivity index (χ0) is 18.5. The number of halogens is 3. The molecule has 0 aliphatic heterocycles. The molecule has 0 aliphatic carbocycles. The Hall–Kier alpha value is -2.74. The average Bonchev–Trinajstić information content (AvgIpc) is 2.59. The van der Waals surface area contributed by atoms with Gasteiger partial charge in [0.05, 0.1) is 13.7 Å². The molecular weight excluding hydrogens is 337 g/mol. The SMILES string of the molecule is COc1cccc(NC(=O)NCC(O)(c2ccccc2)C(F)(F)F)c1. The van der Waals surface area contributed by atoms with Gasteiger partial charge < -0.3 is 20.5 Å². The third-order valence-corrected chi connectivity index (χ3v) is 3.55. The quantitative estimate of drug-likeness (QED) is 0.772. The van der Waals surface area contributed by atoms with Crippen molar-refractivity contribution >= 4 is 11.7 Å². The van der Waals surface area contributed by atoms with Crippen LogP contribution in [0.15, 0.2) is 54.6 Å². The van der Waals surface area contributed by atoms with Gasteiger partial charge in [0.1, 0.15) is 5.75 Å². The third-order valence-electron chi connectivity index (χ3n) is 3.55. The monoisotopic (exact) mass is 354 g/mol. The van der Waals surface area contributed by atoms with Gasteiger partial charge in [0.15, 0.2) is 0 Å². The smallest absolute Gasteiger partial charge is 0.423 e. The zero-order valence-corrected chi connectivity index (χ0v) is 13.3. The number of anilines is 1. The van der Waals surface area contributed by atoms with Crippen molar-refractivity contribution in [2.45, 2.75) is 11.8 Å². The van der Waals surface area contributed by atoms with Crippen molar-refractivity contribution in [2.24, 2.45) is 0 Å². The van der Waals surface area contributed by atoms with Crippen molar-refractivity contribution in [3.8, 4) is 5.75 Å². The molecule has 3 N–H and O–H groups in total. The summed E-state index contributed by atoms with van der Waals surface area (Å²) in [4.78, 5) is 11.9. The summed E-state index contributed by atoms with van der Waals surface area (Å²) in [5.41, 5.74) is -3.21. The molecule has 0 aromatic heterocycles. The Morgan fingerprint density at radius 3 is 2.40 bits per heavy atom. The number of aliphatic hydroxyl groups is 1. The zero-order valence-electron chi connectivity index (χ0n) is 13.3. The highest BCUT2D eigenvalue weighted by molar-refractivity contribution is 5.89.